The van der Waals surface area contributed by atoms with E-state index in [-0.39, 0.29) is 6.09 Å². The van der Waals surface area contributed by atoms with Crippen molar-refractivity contribution in [1.82, 2.24) is 4.90 Å². The molecule has 0 spiro atoms. The minimum absolute atomic E-state index is 0.158. The van der Waals surface area contributed by atoms with Gasteiger partial charge in [-0.1, -0.05) is 6.92 Å². The fraction of sp³-hybridized carbons (Fsp3) is 0.857. The molecule has 3 heteroatoms. The molecule has 10 heavy (non-hydrogen) atoms. The Bertz CT molecular complexity index is 136. The summed E-state index contributed by atoms with van der Waals surface area (Å²) in [5.41, 5.74) is 0. The minimum Gasteiger partial charge on any atom is -0.447 e. The molecule has 0 N–H and O–H groups in total. The Morgan fingerprint density at radius 2 is 2.40 bits per heavy atom. The van der Waals surface area contributed by atoms with Crippen LogP contribution < -0.4 is 0 Å². The maximum absolute atomic E-state index is 10.9. The van der Waals surface area contributed by atoms with Gasteiger partial charge in [-0.25, -0.2) is 4.79 Å². The smallest absolute Gasteiger partial charge is 0.410 e. The highest BCUT2D eigenvalue weighted by molar-refractivity contribution is 5.69. The van der Waals surface area contributed by atoms with Gasteiger partial charge in [0.15, 0.2) is 0 Å². The van der Waals surface area contributed by atoms with E-state index < -0.39 is 0 Å². The summed E-state index contributed by atoms with van der Waals surface area (Å²) in [6.07, 6.45) is 0.828. The first-order valence-corrected chi connectivity index (χ1v) is 3.73. The molecule has 0 aliphatic carbocycles. The summed E-state index contributed by atoms with van der Waals surface area (Å²) >= 11 is 0. The van der Waals surface area contributed by atoms with Gasteiger partial charge in [-0.2, -0.15) is 0 Å². The first kappa shape index (κ1) is 7.38. The molecule has 1 fully saturated rings. The van der Waals surface area contributed by atoms with Crippen molar-refractivity contribution in [3.8, 4) is 0 Å². The Kier molecular flexibility index (Phi) is 2.14. The number of likely N-dealkylation sites (N-methyl/N-ethyl adjacent to an activating group) is 1. The van der Waals surface area contributed by atoms with Crippen LogP contribution in [-0.4, -0.2) is 30.2 Å². The number of ether oxygens (including phenoxy) is 1. The summed E-state index contributed by atoms with van der Waals surface area (Å²) < 4.78 is 4.85. The average molecular weight is 143 g/mol. The molecule has 0 aromatic heterocycles. The monoisotopic (exact) mass is 143 g/mol. The lowest BCUT2D eigenvalue weighted by Gasteiger charge is -2.16. The zero-order valence-corrected chi connectivity index (χ0v) is 6.46. The number of carbonyl (C=O) groups excluding carboxylic acids is 1. The molecule has 1 atom stereocenters. The van der Waals surface area contributed by atoms with Gasteiger partial charge < -0.3 is 9.64 Å². The van der Waals surface area contributed by atoms with E-state index in [9.17, 15) is 4.79 Å². The zero-order valence-electron chi connectivity index (χ0n) is 6.46. The largest absolute Gasteiger partial charge is 0.447 e. The van der Waals surface area contributed by atoms with Crippen molar-refractivity contribution in [3.05, 3.63) is 0 Å². The molecule has 1 aliphatic heterocycles. The fourth-order valence-corrected chi connectivity index (χ4v) is 1.21. The molecule has 3 nitrogen and oxygen atoms in total. The summed E-state index contributed by atoms with van der Waals surface area (Å²) in [5.74, 6) is 0. The quantitative estimate of drug-likeness (QED) is 0.582. The highest BCUT2D eigenvalue weighted by Crippen LogP contribution is 2.13. The molecule has 1 aliphatic rings. The van der Waals surface area contributed by atoms with Crippen LogP contribution in [0.15, 0.2) is 0 Å². The van der Waals surface area contributed by atoms with Crippen LogP contribution in [0.4, 0.5) is 4.79 Å². The number of hydrogen-bond acceptors (Lipinski definition) is 2. The lowest BCUT2D eigenvalue weighted by Crippen LogP contribution is -2.32. The van der Waals surface area contributed by atoms with Gasteiger partial charge in [0.25, 0.3) is 0 Å². The van der Waals surface area contributed by atoms with Gasteiger partial charge in [0.2, 0.25) is 0 Å². The summed E-state index contributed by atoms with van der Waals surface area (Å²) in [4.78, 5) is 12.6. The van der Waals surface area contributed by atoms with Crippen LogP contribution in [0, 0.1) is 0 Å². The summed E-state index contributed by atoms with van der Waals surface area (Å²) in [6.45, 7) is 5.37. The second-order valence-corrected chi connectivity index (χ2v) is 2.42. The topological polar surface area (TPSA) is 29.5 Å². The third kappa shape index (κ3) is 1.08. The van der Waals surface area contributed by atoms with Gasteiger partial charge in [0.05, 0.1) is 6.04 Å². The van der Waals surface area contributed by atoms with Crippen molar-refractivity contribution in [2.75, 3.05) is 13.2 Å². The van der Waals surface area contributed by atoms with E-state index in [0.717, 1.165) is 13.0 Å². The Hall–Kier alpha value is -0.730. The van der Waals surface area contributed by atoms with Gasteiger partial charge >= 0.3 is 6.09 Å². The predicted octanol–water partition coefficient (Wildman–Crippen LogP) is 1.24. The van der Waals surface area contributed by atoms with Gasteiger partial charge in [-0.05, 0) is 13.3 Å². The Labute approximate surface area is 61.0 Å². The van der Waals surface area contributed by atoms with E-state index in [1.807, 2.05) is 6.92 Å². The number of carbonyl (C=O) groups is 1. The molecule has 1 heterocycles. The van der Waals surface area contributed by atoms with E-state index in [2.05, 4.69) is 6.92 Å². The second-order valence-electron chi connectivity index (χ2n) is 2.42. The van der Waals surface area contributed by atoms with Crippen LogP contribution in [0.3, 0.4) is 0 Å². The minimum atomic E-state index is -0.158. The third-order valence-corrected chi connectivity index (χ3v) is 1.89. The zero-order chi connectivity index (χ0) is 7.56. The first-order valence-electron chi connectivity index (χ1n) is 3.73. The predicted molar refractivity (Wildman–Crippen MR) is 37.8 cm³/mol. The lowest BCUT2D eigenvalue weighted by molar-refractivity contribution is 0.159. The molecule has 1 rings (SSSR count). The number of cyclic esters (lactones) is 1. The molecule has 1 amide bonds. The van der Waals surface area contributed by atoms with E-state index in [1.165, 1.54) is 0 Å². The van der Waals surface area contributed by atoms with Gasteiger partial charge in [0.1, 0.15) is 6.61 Å². The van der Waals surface area contributed by atoms with Crippen molar-refractivity contribution in [3.63, 3.8) is 0 Å². The molecule has 1 saturated heterocycles. The van der Waals surface area contributed by atoms with Crippen molar-refractivity contribution < 1.29 is 9.53 Å². The summed E-state index contributed by atoms with van der Waals surface area (Å²) in [6, 6.07) is 0.317. The molecule has 58 valence electrons. The van der Waals surface area contributed by atoms with Crippen LogP contribution >= 0.6 is 0 Å². The number of amides is 1. The SMILES string of the molecule is CCC1COC(=O)N1CC. The van der Waals surface area contributed by atoms with Crippen LogP contribution in [0.1, 0.15) is 20.3 Å². The molecule has 0 aromatic rings. The number of rotatable bonds is 2. The van der Waals surface area contributed by atoms with E-state index in [4.69, 9.17) is 4.74 Å². The van der Waals surface area contributed by atoms with Gasteiger partial charge in [-0.3, -0.25) is 0 Å². The van der Waals surface area contributed by atoms with Crippen LogP contribution in [0.25, 0.3) is 0 Å². The highest BCUT2D eigenvalue weighted by atomic mass is 16.6. The van der Waals surface area contributed by atoms with Crippen molar-refractivity contribution in [1.29, 1.82) is 0 Å². The van der Waals surface area contributed by atoms with Crippen LogP contribution in [-0.2, 0) is 4.74 Å². The lowest BCUT2D eigenvalue weighted by atomic mass is 10.2. The highest BCUT2D eigenvalue weighted by Gasteiger charge is 2.29. The van der Waals surface area contributed by atoms with Crippen molar-refractivity contribution >= 4 is 6.09 Å². The first-order chi connectivity index (χ1) is 4.79. The summed E-state index contributed by atoms with van der Waals surface area (Å²) in [5, 5.41) is 0. The van der Waals surface area contributed by atoms with E-state index in [0.29, 0.717) is 12.6 Å². The van der Waals surface area contributed by atoms with Gasteiger partial charge in [-0.15, -0.1) is 0 Å². The molecule has 0 aromatic carbocycles. The second kappa shape index (κ2) is 2.90. The molecule has 0 saturated carbocycles. The molecular formula is C7H13NO2. The molecular weight excluding hydrogens is 130 g/mol. The Morgan fingerprint density at radius 1 is 1.70 bits per heavy atom. The average Bonchev–Trinajstić information content (AvgIpc) is 2.30. The third-order valence-electron chi connectivity index (χ3n) is 1.89. The Morgan fingerprint density at radius 3 is 2.80 bits per heavy atom. The molecule has 0 bridgehead atoms. The Balaban J connectivity index is 2.54. The molecule has 0 radical (unpaired) electrons. The maximum atomic E-state index is 10.9. The standard InChI is InChI=1S/C7H13NO2/c1-3-6-5-10-7(9)8(6)4-2/h6H,3-5H2,1-2H3. The van der Waals surface area contributed by atoms with E-state index in [1.54, 1.807) is 4.90 Å². The van der Waals surface area contributed by atoms with Crippen molar-refractivity contribution in [2.24, 2.45) is 0 Å². The maximum Gasteiger partial charge on any atom is 0.410 e. The van der Waals surface area contributed by atoms with Crippen LogP contribution in [0.5, 0.6) is 0 Å². The van der Waals surface area contributed by atoms with Crippen LogP contribution in [0.2, 0.25) is 0 Å². The number of nitrogens with zero attached hydrogens (tertiary/aromatic N) is 1. The normalized spacial score (nSPS) is 25.2. The fourth-order valence-electron chi connectivity index (χ4n) is 1.21. The van der Waals surface area contributed by atoms with Crippen molar-refractivity contribution in [2.45, 2.75) is 26.3 Å². The summed E-state index contributed by atoms with van der Waals surface area (Å²) in [7, 11) is 0. The molecule has 1 unspecified atom stereocenters. The van der Waals surface area contributed by atoms with Gasteiger partial charge in [0, 0.05) is 6.54 Å². The van der Waals surface area contributed by atoms with E-state index >= 15 is 0 Å². The number of hydrogen-bond donors (Lipinski definition) is 0.